The number of nitrogens with zero attached hydrogens (tertiary/aromatic N) is 1. The zero-order valence-electron chi connectivity index (χ0n) is 15.9. The zero-order valence-corrected chi connectivity index (χ0v) is 16.6. The van der Waals surface area contributed by atoms with Crippen molar-refractivity contribution in [3.05, 3.63) is 76.9 Å². The number of aliphatic hydroxyl groups is 1. The lowest BCUT2D eigenvalue weighted by Gasteiger charge is -2.33. The van der Waals surface area contributed by atoms with Crippen molar-refractivity contribution in [1.82, 2.24) is 10.3 Å². The van der Waals surface area contributed by atoms with Crippen molar-refractivity contribution < 1.29 is 9.90 Å². The molecule has 2 atom stereocenters. The van der Waals surface area contributed by atoms with Gasteiger partial charge in [0.25, 0.3) is 5.91 Å². The number of carbonyl (C=O) groups excluding carboxylic acids is 1. The standard InChI is InChI=1S/C24H21ClN2O2/c25-20-6-1-4-17(14-20)10-12-24(29)11-2-7-21(16-24)27-23(28)19-8-9-22-18(15-19)5-3-13-26-22/h1,3-6,8-9,13-15,21,29H,2,7,11,16H2,(H,27,28)/t21-,24+/m0/s1. The number of hydrogen-bond donors (Lipinski definition) is 2. The number of benzene rings is 2. The van der Waals surface area contributed by atoms with E-state index >= 15 is 0 Å². The molecular weight excluding hydrogens is 384 g/mol. The van der Waals surface area contributed by atoms with E-state index in [1.54, 1.807) is 24.4 Å². The molecule has 0 unspecified atom stereocenters. The predicted molar refractivity (Wildman–Crippen MR) is 115 cm³/mol. The number of amides is 1. The van der Waals surface area contributed by atoms with Crippen LogP contribution in [0.3, 0.4) is 0 Å². The maximum Gasteiger partial charge on any atom is 0.251 e. The number of rotatable bonds is 2. The maximum absolute atomic E-state index is 12.7. The molecule has 1 aliphatic carbocycles. The van der Waals surface area contributed by atoms with E-state index in [2.05, 4.69) is 22.1 Å². The summed E-state index contributed by atoms with van der Waals surface area (Å²) in [7, 11) is 0. The summed E-state index contributed by atoms with van der Waals surface area (Å²) < 4.78 is 0. The monoisotopic (exact) mass is 404 g/mol. The van der Waals surface area contributed by atoms with Gasteiger partial charge in [-0.05, 0) is 61.7 Å². The van der Waals surface area contributed by atoms with Crippen LogP contribution in [-0.4, -0.2) is 27.6 Å². The molecule has 2 aromatic carbocycles. The molecule has 0 bridgehead atoms. The molecule has 4 rings (SSSR count). The van der Waals surface area contributed by atoms with Crippen LogP contribution in [0.15, 0.2) is 60.8 Å². The molecule has 1 heterocycles. The first-order chi connectivity index (χ1) is 14.0. The van der Waals surface area contributed by atoms with E-state index in [0.29, 0.717) is 23.4 Å². The van der Waals surface area contributed by atoms with Crippen LogP contribution >= 0.6 is 11.6 Å². The van der Waals surface area contributed by atoms with Crippen molar-refractivity contribution in [2.45, 2.75) is 37.3 Å². The largest absolute Gasteiger partial charge is 0.378 e. The molecular formula is C24H21ClN2O2. The Morgan fingerprint density at radius 1 is 1.21 bits per heavy atom. The van der Waals surface area contributed by atoms with Gasteiger partial charge >= 0.3 is 0 Å². The highest BCUT2D eigenvalue weighted by Gasteiger charge is 2.33. The quantitative estimate of drug-likeness (QED) is 0.624. The van der Waals surface area contributed by atoms with Gasteiger partial charge in [0, 0.05) is 40.2 Å². The van der Waals surface area contributed by atoms with E-state index in [4.69, 9.17) is 11.6 Å². The van der Waals surface area contributed by atoms with Gasteiger partial charge in [-0.2, -0.15) is 0 Å². The summed E-state index contributed by atoms with van der Waals surface area (Å²) in [6, 6.07) is 16.4. The summed E-state index contributed by atoms with van der Waals surface area (Å²) >= 11 is 5.99. The van der Waals surface area contributed by atoms with Gasteiger partial charge in [0.05, 0.1) is 5.52 Å². The highest BCUT2D eigenvalue weighted by molar-refractivity contribution is 6.30. The van der Waals surface area contributed by atoms with Crippen LogP contribution in [-0.2, 0) is 0 Å². The topological polar surface area (TPSA) is 62.2 Å². The number of pyridine rings is 1. The Kier molecular flexibility index (Phi) is 5.53. The van der Waals surface area contributed by atoms with Gasteiger partial charge in [-0.3, -0.25) is 9.78 Å². The summed E-state index contributed by atoms with van der Waals surface area (Å²) in [5.41, 5.74) is 1.09. The van der Waals surface area contributed by atoms with Crippen LogP contribution in [0.2, 0.25) is 5.02 Å². The van der Waals surface area contributed by atoms with Crippen molar-refractivity contribution in [2.24, 2.45) is 0 Å². The van der Waals surface area contributed by atoms with E-state index in [1.807, 2.05) is 36.4 Å². The van der Waals surface area contributed by atoms with Gasteiger partial charge < -0.3 is 10.4 Å². The van der Waals surface area contributed by atoms with E-state index in [9.17, 15) is 9.90 Å². The molecule has 0 saturated heterocycles. The molecule has 5 heteroatoms. The molecule has 1 aromatic heterocycles. The molecule has 0 spiro atoms. The fourth-order valence-corrected chi connectivity index (χ4v) is 3.92. The van der Waals surface area contributed by atoms with Gasteiger partial charge in [0.1, 0.15) is 5.60 Å². The van der Waals surface area contributed by atoms with Crippen LogP contribution in [0.5, 0.6) is 0 Å². The van der Waals surface area contributed by atoms with Crippen LogP contribution in [0.25, 0.3) is 10.9 Å². The molecule has 0 aliphatic heterocycles. The van der Waals surface area contributed by atoms with Gasteiger partial charge in [0.2, 0.25) is 0 Å². The Balaban J connectivity index is 1.45. The third kappa shape index (κ3) is 4.76. The molecule has 1 amide bonds. The van der Waals surface area contributed by atoms with Gasteiger partial charge in [0.15, 0.2) is 0 Å². The Labute approximate surface area is 174 Å². The Bertz CT molecular complexity index is 1120. The van der Waals surface area contributed by atoms with Crippen LogP contribution < -0.4 is 5.32 Å². The Morgan fingerprint density at radius 3 is 2.97 bits per heavy atom. The van der Waals surface area contributed by atoms with E-state index in [-0.39, 0.29) is 11.9 Å². The Hall–Kier alpha value is -2.87. The molecule has 3 aromatic rings. The molecule has 1 saturated carbocycles. The summed E-state index contributed by atoms with van der Waals surface area (Å²) in [4.78, 5) is 17.0. The number of halogens is 1. The minimum absolute atomic E-state index is 0.125. The van der Waals surface area contributed by atoms with Gasteiger partial charge in [-0.15, -0.1) is 0 Å². The fourth-order valence-electron chi connectivity index (χ4n) is 3.73. The number of aromatic nitrogens is 1. The van der Waals surface area contributed by atoms with Crippen LogP contribution in [0, 0.1) is 11.8 Å². The van der Waals surface area contributed by atoms with Crippen LogP contribution in [0.4, 0.5) is 0 Å². The second-order valence-corrected chi connectivity index (χ2v) is 7.91. The van der Waals surface area contributed by atoms with Crippen molar-refractivity contribution in [3.8, 4) is 11.8 Å². The normalized spacial score (nSPS) is 21.2. The third-order valence-electron chi connectivity index (χ3n) is 5.19. The number of fused-ring (bicyclic) bond motifs is 1. The average molecular weight is 405 g/mol. The number of carbonyl (C=O) groups is 1. The zero-order chi connectivity index (χ0) is 20.3. The minimum Gasteiger partial charge on any atom is -0.378 e. The first-order valence-electron chi connectivity index (χ1n) is 9.68. The van der Waals surface area contributed by atoms with Crippen molar-refractivity contribution >= 4 is 28.4 Å². The SMILES string of the molecule is O=C(N[C@H]1CCC[C@@](O)(C#Cc2cccc(Cl)c2)C1)c1ccc2ncccc2c1. The summed E-state index contributed by atoms with van der Waals surface area (Å²) in [6.45, 7) is 0. The first-order valence-corrected chi connectivity index (χ1v) is 10.1. The highest BCUT2D eigenvalue weighted by Crippen LogP contribution is 2.28. The number of hydrogen-bond acceptors (Lipinski definition) is 3. The molecule has 4 nitrogen and oxygen atoms in total. The van der Waals surface area contributed by atoms with Gasteiger partial charge in [-0.1, -0.05) is 35.6 Å². The smallest absolute Gasteiger partial charge is 0.251 e. The lowest BCUT2D eigenvalue weighted by molar-refractivity contribution is 0.0452. The predicted octanol–water partition coefficient (Wildman–Crippen LogP) is 4.34. The van der Waals surface area contributed by atoms with E-state index < -0.39 is 5.60 Å². The second-order valence-electron chi connectivity index (χ2n) is 7.47. The highest BCUT2D eigenvalue weighted by atomic mass is 35.5. The summed E-state index contributed by atoms with van der Waals surface area (Å²) in [6.07, 6.45) is 4.35. The van der Waals surface area contributed by atoms with E-state index in [0.717, 1.165) is 29.3 Å². The van der Waals surface area contributed by atoms with Gasteiger partial charge in [-0.25, -0.2) is 0 Å². The van der Waals surface area contributed by atoms with Crippen LogP contribution in [0.1, 0.15) is 41.6 Å². The molecule has 1 fully saturated rings. The molecule has 0 radical (unpaired) electrons. The maximum atomic E-state index is 12.7. The second kappa shape index (κ2) is 8.24. The van der Waals surface area contributed by atoms with Crippen molar-refractivity contribution in [2.75, 3.05) is 0 Å². The fraction of sp³-hybridized carbons (Fsp3) is 0.250. The average Bonchev–Trinajstić information content (AvgIpc) is 2.72. The van der Waals surface area contributed by atoms with Crippen molar-refractivity contribution in [3.63, 3.8) is 0 Å². The summed E-state index contributed by atoms with van der Waals surface area (Å²) in [5.74, 6) is 5.87. The lowest BCUT2D eigenvalue weighted by Crippen LogP contribution is -2.45. The Morgan fingerprint density at radius 2 is 2.10 bits per heavy atom. The molecule has 1 aliphatic rings. The van der Waals surface area contributed by atoms with E-state index in [1.165, 1.54) is 0 Å². The minimum atomic E-state index is -1.12. The lowest BCUT2D eigenvalue weighted by atomic mass is 9.82. The molecule has 146 valence electrons. The third-order valence-corrected chi connectivity index (χ3v) is 5.43. The number of nitrogens with one attached hydrogen (secondary N) is 1. The first kappa shape index (κ1) is 19.4. The molecule has 2 N–H and O–H groups in total. The summed E-state index contributed by atoms with van der Waals surface area (Å²) in [5, 5.41) is 15.5. The molecule has 29 heavy (non-hydrogen) atoms. The van der Waals surface area contributed by atoms with Crippen molar-refractivity contribution in [1.29, 1.82) is 0 Å².